The Morgan fingerprint density at radius 3 is 2.06 bits per heavy atom. The maximum atomic E-state index is 13.8. The van der Waals surface area contributed by atoms with Crippen molar-refractivity contribution in [1.82, 2.24) is 0 Å². The molecule has 0 bridgehead atoms. The molecule has 1 aliphatic carbocycles. The standard InChI is InChI=1S/C13H17F2N/c1-9-7-10(14)12(11(15)8-9)13(16)5-3-2-4-6-13/h7-8H,2-6,16H2,1H3. The van der Waals surface area contributed by atoms with E-state index in [4.69, 9.17) is 5.73 Å². The van der Waals surface area contributed by atoms with E-state index >= 15 is 0 Å². The monoisotopic (exact) mass is 225 g/mol. The molecule has 1 fully saturated rings. The van der Waals surface area contributed by atoms with Gasteiger partial charge in [0, 0.05) is 11.1 Å². The van der Waals surface area contributed by atoms with Crippen LogP contribution < -0.4 is 5.73 Å². The van der Waals surface area contributed by atoms with E-state index in [0.29, 0.717) is 18.4 Å². The van der Waals surface area contributed by atoms with Crippen LogP contribution >= 0.6 is 0 Å². The third-order valence-corrected chi connectivity index (χ3v) is 3.43. The van der Waals surface area contributed by atoms with Gasteiger partial charge < -0.3 is 5.73 Å². The van der Waals surface area contributed by atoms with Crippen LogP contribution in [0.4, 0.5) is 8.78 Å². The molecule has 0 unspecified atom stereocenters. The highest BCUT2D eigenvalue weighted by molar-refractivity contribution is 5.31. The van der Waals surface area contributed by atoms with E-state index < -0.39 is 17.2 Å². The summed E-state index contributed by atoms with van der Waals surface area (Å²) in [6.07, 6.45) is 4.34. The second kappa shape index (κ2) is 4.13. The van der Waals surface area contributed by atoms with Crippen LogP contribution in [0.25, 0.3) is 0 Å². The van der Waals surface area contributed by atoms with Crippen molar-refractivity contribution < 1.29 is 8.78 Å². The lowest BCUT2D eigenvalue weighted by Crippen LogP contribution is -2.40. The van der Waals surface area contributed by atoms with Crippen LogP contribution in [-0.2, 0) is 5.54 Å². The maximum absolute atomic E-state index is 13.8. The van der Waals surface area contributed by atoms with E-state index in [0.717, 1.165) is 19.3 Å². The van der Waals surface area contributed by atoms with Crippen molar-refractivity contribution in [3.05, 3.63) is 34.9 Å². The van der Waals surface area contributed by atoms with Crippen LogP contribution in [0.1, 0.15) is 43.2 Å². The van der Waals surface area contributed by atoms with E-state index in [1.807, 2.05) is 0 Å². The zero-order valence-electron chi connectivity index (χ0n) is 9.52. The van der Waals surface area contributed by atoms with E-state index in [1.54, 1.807) is 6.92 Å². The predicted octanol–water partition coefficient (Wildman–Crippen LogP) is 3.39. The first-order valence-electron chi connectivity index (χ1n) is 5.78. The zero-order valence-corrected chi connectivity index (χ0v) is 9.52. The smallest absolute Gasteiger partial charge is 0.131 e. The lowest BCUT2D eigenvalue weighted by molar-refractivity contribution is 0.282. The highest BCUT2D eigenvalue weighted by Crippen LogP contribution is 2.37. The van der Waals surface area contributed by atoms with Gasteiger partial charge in [0.25, 0.3) is 0 Å². The summed E-state index contributed by atoms with van der Waals surface area (Å²) in [5.41, 5.74) is 6.02. The van der Waals surface area contributed by atoms with Crippen LogP contribution in [0.2, 0.25) is 0 Å². The Morgan fingerprint density at radius 2 is 1.56 bits per heavy atom. The van der Waals surface area contributed by atoms with Crippen LogP contribution in [-0.4, -0.2) is 0 Å². The topological polar surface area (TPSA) is 26.0 Å². The number of rotatable bonds is 1. The van der Waals surface area contributed by atoms with Gasteiger partial charge in [0.1, 0.15) is 11.6 Å². The molecule has 0 heterocycles. The fraction of sp³-hybridized carbons (Fsp3) is 0.538. The van der Waals surface area contributed by atoms with Gasteiger partial charge in [-0.3, -0.25) is 0 Å². The molecule has 0 saturated heterocycles. The molecule has 1 saturated carbocycles. The summed E-state index contributed by atoms with van der Waals surface area (Å²) in [7, 11) is 0. The Kier molecular flexibility index (Phi) is 2.98. The first kappa shape index (κ1) is 11.5. The minimum Gasteiger partial charge on any atom is -0.321 e. The van der Waals surface area contributed by atoms with Gasteiger partial charge in [-0.15, -0.1) is 0 Å². The number of hydrogen-bond acceptors (Lipinski definition) is 1. The van der Waals surface area contributed by atoms with Crippen molar-refractivity contribution in [2.24, 2.45) is 5.73 Å². The fourth-order valence-electron chi connectivity index (χ4n) is 2.61. The third kappa shape index (κ3) is 1.96. The number of nitrogens with two attached hydrogens (primary N) is 1. The second-order valence-corrected chi connectivity index (χ2v) is 4.82. The molecular weight excluding hydrogens is 208 g/mol. The maximum Gasteiger partial charge on any atom is 0.131 e. The molecule has 0 radical (unpaired) electrons. The molecule has 1 nitrogen and oxygen atoms in total. The predicted molar refractivity (Wildman–Crippen MR) is 60.0 cm³/mol. The van der Waals surface area contributed by atoms with Crippen molar-refractivity contribution in [3.8, 4) is 0 Å². The molecular formula is C13H17F2N. The Bertz CT molecular complexity index is 372. The minimum absolute atomic E-state index is 0.0813. The Labute approximate surface area is 94.7 Å². The molecule has 1 aliphatic rings. The number of halogens is 2. The van der Waals surface area contributed by atoms with Gasteiger partial charge in [-0.1, -0.05) is 19.3 Å². The number of aryl methyl sites for hydroxylation is 1. The Balaban J connectivity index is 2.46. The van der Waals surface area contributed by atoms with E-state index in [2.05, 4.69) is 0 Å². The molecule has 16 heavy (non-hydrogen) atoms. The molecule has 0 amide bonds. The average Bonchev–Trinajstić information content (AvgIpc) is 2.16. The molecule has 1 aromatic rings. The lowest BCUT2D eigenvalue weighted by Gasteiger charge is -2.34. The molecule has 0 aliphatic heterocycles. The van der Waals surface area contributed by atoms with Crippen LogP contribution in [0, 0.1) is 18.6 Å². The first-order valence-corrected chi connectivity index (χ1v) is 5.78. The SMILES string of the molecule is Cc1cc(F)c(C2(N)CCCCC2)c(F)c1. The molecule has 0 spiro atoms. The second-order valence-electron chi connectivity index (χ2n) is 4.82. The van der Waals surface area contributed by atoms with Gasteiger partial charge >= 0.3 is 0 Å². The molecule has 0 aromatic heterocycles. The molecule has 1 aromatic carbocycles. The van der Waals surface area contributed by atoms with Crippen LogP contribution in [0.15, 0.2) is 12.1 Å². The normalized spacial score (nSPS) is 19.8. The highest BCUT2D eigenvalue weighted by Gasteiger charge is 2.34. The lowest BCUT2D eigenvalue weighted by atomic mass is 9.77. The van der Waals surface area contributed by atoms with Crippen LogP contribution in [0.3, 0.4) is 0 Å². The third-order valence-electron chi connectivity index (χ3n) is 3.43. The van der Waals surface area contributed by atoms with Gasteiger partial charge in [-0.2, -0.15) is 0 Å². The van der Waals surface area contributed by atoms with Crippen molar-refractivity contribution in [1.29, 1.82) is 0 Å². The summed E-state index contributed by atoms with van der Waals surface area (Å²) in [6.45, 7) is 1.68. The summed E-state index contributed by atoms with van der Waals surface area (Å²) >= 11 is 0. The van der Waals surface area contributed by atoms with Gasteiger partial charge in [0.2, 0.25) is 0 Å². The molecule has 2 N–H and O–H groups in total. The van der Waals surface area contributed by atoms with Gasteiger partial charge in [-0.05, 0) is 37.5 Å². The molecule has 2 rings (SSSR count). The summed E-state index contributed by atoms with van der Waals surface area (Å²) in [5, 5.41) is 0. The molecule has 0 atom stereocenters. The minimum atomic E-state index is -0.805. The summed E-state index contributed by atoms with van der Waals surface area (Å²) in [6, 6.07) is 2.73. The fourth-order valence-corrected chi connectivity index (χ4v) is 2.61. The Morgan fingerprint density at radius 1 is 1.06 bits per heavy atom. The largest absolute Gasteiger partial charge is 0.321 e. The molecule has 88 valence electrons. The number of benzene rings is 1. The van der Waals surface area contributed by atoms with Crippen molar-refractivity contribution in [3.63, 3.8) is 0 Å². The summed E-state index contributed by atoms with van der Waals surface area (Å²) in [5.74, 6) is -0.996. The molecule has 3 heteroatoms. The van der Waals surface area contributed by atoms with E-state index in [9.17, 15) is 8.78 Å². The average molecular weight is 225 g/mol. The van der Waals surface area contributed by atoms with Crippen molar-refractivity contribution >= 4 is 0 Å². The van der Waals surface area contributed by atoms with E-state index in [-0.39, 0.29) is 5.56 Å². The van der Waals surface area contributed by atoms with E-state index in [1.165, 1.54) is 12.1 Å². The Hall–Kier alpha value is -0.960. The summed E-state index contributed by atoms with van der Waals surface area (Å²) in [4.78, 5) is 0. The van der Waals surface area contributed by atoms with Crippen molar-refractivity contribution in [2.45, 2.75) is 44.6 Å². The quantitative estimate of drug-likeness (QED) is 0.779. The van der Waals surface area contributed by atoms with Gasteiger partial charge in [0.15, 0.2) is 0 Å². The van der Waals surface area contributed by atoms with Gasteiger partial charge in [0.05, 0.1) is 0 Å². The van der Waals surface area contributed by atoms with Crippen LogP contribution in [0.5, 0.6) is 0 Å². The number of hydrogen-bond donors (Lipinski definition) is 1. The first-order chi connectivity index (χ1) is 7.53. The summed E-state index contributed by atoms with van der Waals surface area (Å²) < 4.78 is 27.6. The van der Waals surface area contributed by atoms with Crippen molar-refractivity contribution in [2.75, 3.05) is 0 Å². The highest BCUT2D eigenvalue weighted by atomic mass is 19.1. The zero-order chi connectivity index (χ0) is 11.8. The van der Waals surface area contributed by atoms with Gasteiger partial charge in [-0.25, -0.2) is 8.78 Å².